The number of aromatic nitrogens is 1. The van der Waals surface area contributed by atoms with Crippen molar-refractivity contribution in [3.63, 3.8) is 0 Å². The Morgan fingerprint density at radius 1 is 0.979 bits per heavy atom. The summed E-state index contributed by atoms with van der Waals surface area (Å²) < 4.78 is 56.0. The zero-order chi connectivity index (χ0) is 35.0. The number of alkyl halides is 3. The van der Waals surface area contributed by atoms with Gasteiger partial charge in [0.25, 0.3) is 5.91 Å². The van der Waals surface area contributed by atoms with Crippen LogP contribution in [0.25, 0.3) is 0 Å². The first-order valence-corrected chi connectivity index (χ1v) is 14.5. The molecule has 1 aromatic heterocycles. The minimum absolute atomic E-state index is 0.00962. The third-order valence-corrected chi connectivity index (χ3v) is 7.30. The van der Waals surface area contributed by atoms with E-state index in [2.05, 4.69) is 10.3 Å². The van der Waals surface area contributed by atoms with Gasteiger partial charge in [-0.25, -0.2) is 9.78 Å². The summed E-state index contributed by atoms with van der Waals surface area (Å²) >= 11 is 0. The van der Waals surface area contributed by atoms with Crippen molar-refractivity contribution in [2.24, 2.45) is 5.92 Å². The first-order chi connectivity index (χ1) is 22.8. The highest BCUT2D eigenvalue weighted by Crippen LogP contribution is 2.35. The van der Waals surface area contributed by atoms with Crippen LogP contribution < -0.4 is 19.5 Å². The second kappa shape index (κ2) is 15.3. The maximum absolute atomic E-state index is 13.6. The molecule has 2 aromatic carbocycles. The number of hydrogen-bond donors (Lipinski definition) is 2. The molecule has 4 rings (SSSR count). The highest BCUT2D eigenvalue weighted by Gasteiger charge is 2.34. The highest BCUT2D eigenvalue weighted by molar-refractivity contribution is 5.98. The average Bonchev–Trinajstić information content (AvgIpc) is 3.05. The van der Waals surface area contributed by atoms with Crippen LogP contribution in [-0.4, -0.2) is 65.5 Å². The lowest BCUT2D eigenvalue weighted by molar-refractivity contribution is -0.143. The van der Waals surface area contributed by atoms with Crippen molar-refractivity contribution in [2.45, 2.75) is 32.1 Å². The van der Waals surface area contributed by atoms with Gasteiger partial charge in [0.05, 0.1) is 32.2 Å². The molecule has 252 valence electrons. The number of hydrogen-bond acceptors (Lipinski definition) is 8. The topological polar surface area (TPSA) is 144 Å². The fourth-order valence-electron chi connectivity index (χ4n) is 4.89. The lowest BCUT2D eigenvalue weighted by Crippen LogP contribution is -2.41. The van der Waals surface area contributed by atoms with E-state index in [-0.39, 0.29) is 40.8 Å². The summed E-state index contributed by atoms with van der Waals surface area (Å²) in [5, 5.41) is 12.2. The molecular formula is C34H32F3N3O8. The van der Waals surface area contributed by atoms with E-state index in [0.717, 1.165) is 11.0 Å². The predicted molar refractivity (Wildman–Crippen MR) is 165 cm³/mol. The van der Waals surface area contributed by atoms with Gasteiger partial charge in [-0.15, -0.1) is 0 Å². The molecule has 1 heterocycles. The number of nitrogens with zero attached hydrogens (tertiary/aromatic N) is 2. The molecule has 48 heavy (non-hydrogen) atoms. The Morgan fingerprint density at radius 3 is 2.31 bits per heavy atom. The van der Waals surface area contributed by atoms with Crippen LogP contribution in [0.1, 0.15) is 34.1 Å². The molecule has 14 heteroatoms. The van der Waals surface area contributed by atoms with Gasteiger partial charge in [-0.1, -0.05) is 49.4 Å². The monoisotopic (exact) mass is 667 g/mol. The number of esters is 1. The average molecular weight is 668 g/mol. The number of pyridine rings is 1. The van der Waals surface area contributed by atoms with Crippen LogP contribution in [-0.2, 0) is 33.5 Å². The maximum Gasteiger partial charge on any atom is 0.416 e. The van der Waals surface area contributed by atoms with E-state index >= 15 is 0 Å². The van der Waals surface area contributed by atoms with E-state index in [4.69, 9.17) is 14.2 Å². The van der Waals surface area contributed by atoms with Crippen LogP contribution in [0.15, 0.2) is 84.5 Å². The standard InChI is InChI=1S/C34H32F3N3O8/c1-20-15-23(10-14-27(20)38-29(41)16-22-9-13-25(46-2)17-26(22)34(35,36)37)32(44)40(19-31(42)43)18-21-7-11-24(12-8-21)48-33(45)28-5-4-6-30(39-28)47-3/h4-15,17,20,27H,16,18-19H2,1-3H3,(H,38,41)(H,42,43). The van der Waals surface area contributed by atoms with Gasteiger partial charge in [0.15, 0.2) is 5.69 Å². The van der Waals surface area contributed by atoms with Crippen molar-refractivity contribution >= 4 is 23.8 Å². The number of carbonyl (C=O) groups is 4. The molecule has 0 fully saturated rings. The largest absolute Gasteiger partial charge is 0.497 e. The minimum atomic E-state index is -4.69. The summed E-state index contributed by atoms with van der Waals surface area (Å²) in [6.07, 6.45) is -0.689. The zero-order valence-electron chi connectivity index (χ0n) is 26.1. The number of nitrogens with one attached hydrogen (secondary N) is 1. The molecule has 0 radical (unpaired) electrons. The zero-order valence-corrected chi connectivity index (χ0v) is 26.1. The molecule has 1 aliphatic rings. The smallest absolute Gasteiger partial charge is 0.416 e. The van der Waals surface area contributed by atoms with Gasteiger partial charge in [-0.2, -0.15) is 13.2 Å². The first kappa shape index (κ1) is 35.2. The number of carboxylic acid groups (broad SMARTS) is 1. The number of aliphatic carboxylic acids is 1. The third kappa shape index (κ3) is 9.21. The summed E-state index contributed by atoms with van der Waals surface area (Å²) in [7, 11) is 2.66. The van der Waals surface area contributed by atoms with Gasteiger partial charge in [-0.05, 0) is 47.4 Å². The summed E-state index contributed by atoms with van der Waals surface area (Å²) in [6.45, 7) is 1.01. The molecule has 0 saturated heterocycles. The number of carboxylic acids is 1. The van der Waals surface area contributed by atoms with Crippen molar-refractivity contribution in [3.05, 3.63) is 107 Å². The number of benzene rings is 2. The molecule has 1 aliphatic carbocycles. The number of ether oxygens (including phenoxy) is 3. The normalized spacial score (nSPS) is 15.6. The second-order valence-corrected chi connectivity index (χ2v) is 10.8. The number of rotatable bonds is 12. The van der Waals surface area contributed by atoms with E-state index in [9.17, 15) is 37.5 Å². The number of methoxy groups -OCH3 is 2. The quantitative estimate of drug-likeness (QED) is 0.209. The van der Waals surface area contributed by atoms with Gasteiger partial charge in [0, 0.05) is 18.2 Å². The molecule has 2 N–H and O–H groups in total. The number of halogens is 3. The lowest BCUT2D eigenvalue weighted by Gasteiger charge is -2.27. The Kier molecular flexibility index (Phi) is 11.2. The number of carbonyl (C=O) groups excluding carboxylic acids is 3. The Labute approximate surface area is 273 Å². The van der Waals surface area contributed by atoms with E-state index in [1.807, 2.05) is 0 Å². The SMILES string of the molecule is COc1ccc(CC(=O)NC2C=CC(C(=O)N(CC(=O)O)Cc3ccc(OC(=O)c4cccc(OC)n4)cc3)=CC2C)c(C(F)(F)F)c1. The van der Waals surface area contributed by atoms with E-state index in [0.29, 0.717) is 5.56 Å². The van der Waals surface area contributed by atoms with Crippen molar-refractivity contribution in [1.82, 2.24) is 15.2 Å². The molecule has 0 aliphatic heterocycles. The van der Waals surface area contributed by atoms with Gasteiger partial charge in [-0.3, -0.25) is 14.4 Å². The van der Waals surface area contributed by atoms with Crippen molar-refractivity contribution in [3.8, 4) is 17.4 Å². The van der Waals surface area contributed by atoms with Gasteiger partial charge < -0.3 is 29.5 Å². The highest BCUT2D eigenvalue weighted by atomic mass is 19.4. The summed E-state index contributed by atoms with van der Waals surface area (Å²) in [5.41, 5.74) is -0.422. The van der Waals surface area contributed by atoms with Gasteiger partial charge in [0.2, 0.25) is 11.8 Å². The van der Waals surface area contributed by atoms with Crippen LogP contribution >= 0.6 is 0 Å². The van der Waals surface area contributed by atoms with E-state index in [1.54, 1.807) is 37.3 Å². The van der Waals surface area contributed by atoms with Crippen LogP contribution in [0, 0.1) is 5.92 Å². The first-order valence-electron chi connectivity index (χ1n) is 14.5. The molecule has 0 spiro atoms. The Morgan fingerprint density at radius 2 is 1.69 bits per heavy atom. The molecule has 11 nitrogen and oxygen atoms in total. The third-order valence-electron chi connectivity index (χ3n) is 7.30. The molecule has 3 aromatic rings. The van der Waals surface area contributed by atoms with Crippen molar-refractivity contribution in [2.75, 3.05) is 20.8 Å². The Bertz CT molecular complexity index is 1740. The fraction of sp³-hybridized carbons (Fsp3) is 0.265. The Hall–Kier alpha value is -5.66. The van der Waals surface area contributed by atoms with Crippen molar-refractivity contribution in [1.29, 1.82) is 0 Å². The van der Waals surface area contributed by atoms with Gasteiger partial charge in [0.1, 0.15) is 18.0 Å². The summed E-state index contributed by atoms with van der Waals surface area (Å²) in [5.74, 6) is -3.19. The van der Waals surface area contributed by atoms with E-state index < -0.39 is 60.4 Å². The molecule has 2 unspecified atom stereocenters. The van der Waals surface area contributed by atoms with Crippen LogP contribution in [0.5, 0.6) is 17.4 Å². The molecule has 0 bridgehead atoms. The van der Waals surface area contributed by atoms with E-state index in [1.165, 1.54) is 56.7 Å². The second-order valence-electron chi connectivity index (χ2n) is 10.8. The van der Waals surface area contributed by atoms with Crippen LogP contribution in [0.3, 0.4) is 0 Å². The van der Waals surface area contributed by atoms with Gasteiger partial charge >= 0.3 is 18.1 Å². The Balaban J connectivity index is 1.39. The molecule has 2 atom stereocenters. The predicted octanol–water partition coefficient (Wildman–Crippen LogP) is 4.61. The summed E-state index contributed by atoms with van der Waals surface area (Å²) in [6, 6.07) is 13.5. The maximum atomic E-state index is 13.6. The molecule has 2 amide bonds. The molecular weight excluding hydrogens is 635 g/mol. The van der Waals surface area contributed by atoms with Crippen molar-refractivity contribution < 1.29 is 51.7 Å². The fourth-order valence-corrected chi connectivity index (χ4v) is 4.89. The minimum Gasteiger partial charge on any atom is -0.497 e. The number of amides is 2. The summed E-state index contributed by atoms with van der Waals surface area (Å²) in [4.78, 5) is 55.4. The van der Waals surface area contributed by atoms with Crippen LogP contribution in [0.4, 0.5) is 13.2 Å². The molecule has 0 saturated carbocycles. The lowest BCUT2D eigenvalue weighted by atomic mass is 9.92. The van der Waals surface area contributed by atoms with Crippen LogP contribution in [0.2, 0.25) is 0 Å².